The second-order valence-corrected chi connectivity index (χ2v) is 13.1. The van der Waals surface area contributed by atoms with E-state index in [9.17, 15) is 18.2 Å². The Morgan fingerprint density at radius 2 is 1.76 bits per heavy atom. The zero-order chi connectivity index (χ0) is 29.1. The molecule has 3 aromatic carbocycles. The van der Waals surface area contributed by atoms with Crippen molar-refractivity contribution >= 4 is 45.4 Å². The molecule has 1 saturated carbocycles. The summed E-state index contributed by atoms with van der Waals surface area (Å²) < 4.78 is 39.9. The molecule has 2 atom stereocenters. The fourth-order valence-electron chi connectivity index (χ4n) is 5.83. The molecule has 8 nitrogen and oxygen atoms in total. The maximum absolute atomic E-state index is 13.4. The molecule has 2 N–H and O–H groups in total. The van der Waals surface area contributed by atoms with Crippen LogP contribution in [0.3, 0.4) is 0 Å². The van der Waals surface area contributed by atoms with Crippen molar-refractivity contribution in [3.63, 3.8) is 0 Å². The van der Waals surface area contributed by atoms with E-state index in [1.165, 1.54) is 10.6 Å². The minimum absolute atomic E-state index is 0.0483. The quantitative estimate of drug-likeness (QED) is 0.277. The Morgan fingerprint density at radius 1 is 1.07 bits per heavy atom. The molecule has 0 radical (unpaired) electrons. The summed E-state index contributed by atoms with van der Waals surface area (Å²) in [6, 6.07) is 18.7. The fourth-order valence-corrected chi connectivity index (χ4v) is 6.85. The van der Waals surface area contributed by atoms with Gasteiger partial charge in [-0.1, -0.05) is 42.0 Å². The number of fused-ring (bicyclic) bond motifs is 1. The van der Waals surface area contributed by atoms with E-state index < -0.39 is 17.1 Å². The number of carbonyl (C=O) groups is 1. The number of carbonyl (C=O) groups excluding carboxylic acids is 1. The first kappa shape index (κ1) is 27.6. The third-order valence-electron chi connectivity index (χ3n) is 8.03. The summed E-state index contributed by atoms with van der Waals surface area (Å²) in [6.07, 6.45) is 3.70. The second-order valence-electron chi connectivity index (χ2n) is 11.2. The first-order chi connectivity index (χ1) is 19.5. The van der Waals surface area contributed by atoms with E-state index in [-0.39, 0.29) is 23.7 Å². The third kappa shape index (κ3) is 5.16. The Morgan fingerprint density at radius 3 is 2.32 bits per heavy atom. The average Bonchev–Trinajstić information content (AvgIpc) is 3.63. The number of amides is 1. The van der Waals surface area contributed by atoms with Crippen molar-refractivity contribution < 1.29 is 27.3 Å². The molecule has 0 bridgehead atoms. The van der Waals surface area contributed by atoms with Gasteiger partial charge in [0.05, 0.1) is 23.2 Å². The van der Waals surface area contributed by atoms with E-state index in [1.807, 2.05) is 56.3 Å². The van der Waals surface area contributed by atoms with Crippen molar-refractivity contribution in [1.29, 1.82) is 0 Å². The summed E-state index contributed by atoms with van der Waals surface area (Å²) in [5, 5.41) is 13.7. The Hall–Kier alpha value is -3.60. The van der Waals surface area contributed by atoms with Gasteiger partial charge in [-0.25, -0.2) is 12.7 Å². The number of benzene rings is 3. The number of hydrogen-bond donors (Lipinski definition) is 2. The molecule has 1 saturated heterocycles. The predicted octanol–water partition coefficient (Wildman–Crippen LogP) is 5.66. The van der Waals surface area contributed by atoms with Gasteiger partial charge in [0.1, 0.15) is 11.3 Å². The molecule has 212 valence electrons. The molecule has 1 aliphatic carbocycles. The normalized spacial score (nSPS) is 19.1. The van der Waals surface area contributed by atoms with Crippen molar-refractivity contribution in [1.82, 2.24) is 5.32 Å². The molecule has 10 heteroatoms. The lowest BCUT2D eigenvalue weighted by Gasteiger charge is -2.26. The molecular weight excluding hydrogens is 539 g/mol. The molecular formula is C31H33BN2O6S. The molecule has 2 unspecified atom stereocenters. The molecule has 6 rings (SSSR count). The number of rotatable bonds is 7. The van der Waals surface area contributed by atoms with Crippen molar-refractivity contribution in [2.75, 3.05) is 17.6 Å². The highest BCUT2D eigenvalue weighted by Crippen LogP contribution is 2.49. The third-order valence-corrected chi connectivity index (χ3v) is 9.10. The lowest BCUT2D eigenvalue weighted by atomic mass is 9.69. The summed E-state index contributed by atoms with van der Waals surface area (Å²) in [5.74, 6) is 0.188. The summed E-state index contributed by atoms with van der Waals surface area (Å²) in [7, 11) is -3.06. The maximum Gasteiger partial charge on any atom is 0.462 e. The van der Waals surface area contributed by atoms with Crippen LogP contribution in [0.4, 0.5) is 11.4 Å². The Labute approximate surface area is 240 Å². The molecule has 1 aliphatic heterocycles. The molecule has 4 aromatic rings. The van der Waals surface area contributed by atoms with Gasteiger partial charge in [0.2, 0.25) is 10.0 Å². The Bertz CT molecular complexity index is 1730. The number of hydrogen-bond acceptors (Lipinski definition) is 6. The van der Waals surface area contributed by atoms with Gasteiger partial charge in [-0.2, -0.15) is 0 Å². The standard InChI is InChI=1S/C31H33BN2O6S/c1-18-5-7-22(8-6-18)30-29(31(35)33-3)25-16-24(20-9-10-20)27(17-28(25)39-30)34(41(4,37)38)23-13-11-21(12-14-23)26-15-19(2)40-32(26)36/h5-8,11-14,16-17,19-20,26,36H,9-10,15H2,1-4H3,(H,33,35). The largest absolute Gasteiger partial charge is 0.462 e. The highest BCUT2D eigenvalue weighted by Gasteiger charge is 2.38. The van der Waals surface area contributed by atoms with Crippen molar-refractivity contribution in [2.24, 2.45) is 0 Å². The van der Waals surface area contributed by atoms with Crippen molar-refractivity contribution in [2.45, 2.75) is 50.9 Å². The lowest BCUT2D eigenvalue weighted by Crippen LogP contribution is -2.26. The van der Waals surface area contributed by atoms with Crippen LogP contribution in [0.1, 0.15) is 65.0 Å². The molecule has 1 aromatic heterocycles. The van der Waals surface area contributed by atoms with Crippen molar-refractivity contribution in [3.8, 4) is 11.3 Å². The Kier molecular flexibility index (Phi) is 6.96. The molecule has 41 heavy (non-hydrogen) atoms. The highest BCUT2D eigenvalue weighted by molar-refractivity contribution is 7.92. The van der Waals surface area contributed by atoms with E-state index in [2.05, 4.69) is 5.32 Å². The van der Waals surface area contributed by atoms with Gasteiger partial charge in [-0.3, -0.25) is 4.79 Å². The fraction of sp³-hybridized carbons (Fsp3) is 0.323. The van der Waals surface area contributed by atoms with E-state index in [0.717, 1.165) is 35.1 Å². The second kappa shape index (κ2) is 10.3. The molecule has 1 amide bonds. The first-order valence-electron chi connectivity index (χ1n) is 13.9. The zero-order valence-corrected chi connectivity index (χ0v) is 24.4. The van der Waals surface area contributed by atoms with Crippen LogP contribution in [-0.4, -0.2) is 45.9 Å². The van der Waals surface area contributed by atoms with Crippen LogP contribution in [0.5, 0.6) is 0 Å². The highest BCUT2D eigenvalue weighted by atomic mass is 32.2. The van der Waals surface area contributed by atoms with Gasteiger partial charge in [-0.05, 0) is 68.4 Å². The van der Waals surface area contributed by atoms with Crippen LogP contribution in [0, 0.1) is 6.92 Å². The zero-order valence-electron chi connectivity index (χ0n) is 23.5. The first-order valence-corrected chi connectivity index (χ1v) is 15.7. The minimum atomic E-state index is -3.76. The summed E-state index contributed by atoms with van der Waals surface area (Å²) in [6.45, 7) is 3.92. The lowest BCUT2D eigenvalue weighted by molar-refractivity contribution is 0.0964. The number of sulfonamides is 1. The van der Waals surface area contributed by atoms with Crippen molar-refractivity contribution in [3.05, 3.63) is 82.9 Å². The molecule has 2 heterocycles. The summed E-state index contributed by atoms with van der Waals surface area (Å²) in [4.78, 5) is 13.1. The van der Waals surface area contributed by atoms with Crippen LogP contribution in [0.2, 0.25) is 0 Å². The van der Waals surface area contributed by atoms with Gasteiger partial charge < -0.3 is 19.4 Å². The Balaban J connectivity index is 1.51. The number of nitrogens with zero attached hydrogens (tertiary/aromatic N) is 1. The number of anilines is 2. The van der Waals surface area contributed by atoms with Gasteiger partial charge in [-0.15, -0.1) is 0 Å². The average molecular weight is 572 g/mol. The smallest absolute Gasteiger partial charge is 0.455 e. The number of furan rings is 1. The van der Waals surface area contributed by atoms with E-state index in [0.29, 0.717) is 40.1 Å². The SMILES string of the molecule is CNC(=O)c1c(-c2ccc(C)cc2)oc2cc(N(c3ccc(C4CC(C)OB4O)cc3)S(C)(=O)=O)c(C3CC3)cc12. The maximum atomic E-state index is 13.4. The van der Waals surface area contributed by atoms with Gasteiger partial charge >= 0.3 is 7.12 Å². The van der Waals surface area contributed by atoms with Crippen LogP contribution < -0.4 is 9.62 Å². The topological polar surface area (TPSA) is 109 Å². The van der Waals surface area contributed by atoms with Gasteiger partial charge in [0.25, 0.3) is 5.91 Å². The van der Waals surface area contributed by atoms with Crippen LogP contribution in [-0.2, 0) is 14.7 Å². The number of aryl methyl sites for hydroxylation is 1. The van der Waals surface area contributed by atoms with Gasteiger partial charge in [0, 0.05) is 36.0 Å². The predicted molar refractivity (Wildman–Crippen MR) is 161 cm³/mol. The molecule has 2 fully saturated rings. The van der Waals surface area contributed by atoms with Crippen LogP contribution in [0.25, 0.3) is 22.3 Å². The summed E-state index contributed by atoms with van der Waals surface area (Å²) in [5.41, 5.74) is 5.47. The van der Waals surface area contributed by atoms with E-state index in [4.69, 9.17) is 9.07 Å². The number of nitrogens with one attached hydrogen (secondary N) is 1. The monoisotopic (exact) mass is 572 g/mol. The van der Waals surface area contributed by atoms with Gasteiger partial charge in [0.15, 0.2) is 0 Å². The summed E-state index contributed by atoms with van der Waals surface area (Å²) >= 11 is 0. The minimum Gasteiger partial charge on any atom is -0.455 e. The molecule has 0 spiro atoms. The van der Waals surface area contributed by atoms with E-state index >= 15 is 0 Å². The van der Waals surface area contributed by atoms with E-state index in [1.54, 1.807) is 25.2 Å². The van der Waals surface area contributed by atoms with Crippen LogP contribution >= 0.6 is 0 Å². The van der Waals surface area contributed by atoms with Crippen LogP contribution in [0.15, 0.2) is 65.1 Å². The molecule has 2 aliphatic rings.